The summed E-state index contributed by atoms with van der Waals surface area (Å²) >= 11 is 0. The first-order valence-electron chi connectivity index (χ1n) is 19.1. The van der Waals surface area contributed by atoms with E-state index in [9.17, 15) is 0 Å². The van der Waals surface area contributed by atoms with E-state index in [0.29, 0.717) is 0 Å². The molecule has 0 radical (unpaired) electrons. The van der Waals surface area contributed by atoms with E-state index in [1.54, 1.807) is 0 Å². The zero-order valence-electron chi connectivity index (χ0n) is 30.3. The monoisotopic (exact) mass is 686 g/mol. The molecule has 1 heterocycles. The van der Waals surface area contributed by atoms with Gasteiger partial charge in [-0.3, -0.25) is 0 Å². The summed E-state index contributed by atoms with van der Waals surface area (Å²) in [6.07, 6.45) is 4.46. The van der Waals surface area contributed by atoms with Gasteiger partial charge in [-0.2, -0.15) is 0 Å². The Kier molecular flexibility index (Phi) is 7.50. The predicted molar refractivity (Wildman–Crippen MR) is 221 cm³/mol. The normalized spacial score (nSPS) is 16.1. The number of benzene rings is 7. The van der Waals surface area contributed by atoms with Gasteiger partial charge in [-0.1, -0.05) is 98.8 Å². The molecule has 8 aromatic rings. The first-order valence-corrected chi connectivity index (χ1v) is 19.1. The van der Waals surface area contributed by atoms with Gasteiger partial charge in [-0.25, -0.2) is 0 Å². The predicted octanol–water partition coefficient (Wildman–Crippen LogP) is 13.8. The lowest BCUT2D eigenvalue weighted by atomic mass is 9.76. The van der Waals surface area contributed by atoms with Crippen LogP contribution in [0, 0.1) is 0 Å². The molecular formula is C50H42N2O. The molecule has 7 aromatic carbocycles. The molecule has 0 fully saturated rings. The summed E-state index contributed by atoms with van der Waals surface area (Å²) in [5.74, 6) is 0.277. The topological polar surface area (TPSA) is 19.6 Å². The van der Waals surface area contributed by atoms with Crippen molar-refractivity contribution in [1.29, 1.82) is 0 Å². The molecular weight excluding hydrogens is 645 g/mol. The van der Waals surface area contributed by atoms with Gasteiger partial charge < -0.3 is 14.2 Å². The molecule has 10 rings (SSSR count). The Bertz CT molecular complexity index is 2560. The number of fused-ring (bicyclic) bond motifs is 7. The first kappa shape index (κ1) is 31.7. The van der Waals surface area contributed by atoms with E-state index in [1.807, 2.05) is 0 Å². The van der Waals surface area contributed by atoms with Crippen molar-refractivity contribution in [3.05, 3.63) is 192 Å². The van der Waals surface area contributed by atoms with Gasteiger partial charge in [0.2, 0.25) is 0 Å². The van der Waals surface area contributed by atoms with Gasteiger partial charge in [0.1, 0.15) is 11.2 Å². The first-order chi connectivity index (χ1) is 26.1. The highest BCUT2D eigenvalue weighted by Gasteiger charge is 2.45. The molecule has 1 atom stereocenters. The molecule has 2 aliphatic rings. The highest BCUT2D eigenvalue weighted by Crippen LogP contribution is 2.55. The Morgan fingerprint density at radius 3 is 1.57 bits per heavy atom. The Hall–Kier alpha value is -6.06. The van der Waals surface area contributed by atoms with Crippen LogP contribution in [0.25, 0.3) is 21.9 Å². The maximum absolute atomic E-state index is 6.41. The number of rotatable bonds is 7. The van der Waals surface area contributed by atoms with Gasteiger partial charge in [0.25, 0.3) is 0 Å². The second-order valence-electron chi connectivity index (χ2n) is 15.1. The number of furan rings is 1. The van der Waals surface area contributed by atoms with Crippen molar-refractivity contribution in [1.82, 2.24) is 0 Å². The van der Waals surface area contributed by atoms with Gasteiger partial charge in [0, 0.05) is 44.6 Å². The summed E-state index contributed by atoms with van der Waals surface area (Å²) in [6.45, 7) is 4.62. The van der Waals surface area contributed by atoms with Crippen LogP contribution in [-0.2, 0) is 18.3 Å². The molecule has 0 saturated heterocycles. The van der Waals surface area contributed by atoms with Crippen LogP contribution in [0.4, 0.5) is 34.1 Å². The number of anilines is 6. The van der Waals surface area contributed by atoms with E-state index in [2.05, 4.69) is 187 Å². The van der Waals surface area contributed by atoms with Gasteiger partial charge in [-0.05, 0) is 138 Å². The van der Waals surface area contributed by atoms with Crippen LogP contribution >= 0.6 is 0 Å². The van der Waals surface area contributed by atoms with E-state index >= 15 is 0 Å². The number of para-hydroxylation sites is 4. The summed E-state index contributed by atoms with van der Waals surface area (Å²) in [4.78, 5) is 4.89. The van der Waals surface area contributed by atoms with E-state index in [4.69, 9.17) is 4.42 Å². The SMILES string of the molecule is CC(C)c1c(N(c2ccccc2)c2ccc3c(c2)[C@]2(CCc4ccc(N(c5ccccc5)c5ccccc5)cc42)CC3)ccc2oc3ccccc3c12. The van der Waals surface area contributed by atoms with Crippen LogP contribution in [0.5, 0.6) is 0 Å². The highest BCUT2D eigenvalue weighted by atomic mass is 16.3. The quantitative estimate of drug-likeness (QED) is 0.166. The van der Waals surface area contributed by atoms with Crippen molar-refractivity contribution in [2.24, 2.45) is 0 Å². The molecule has 0 amide bonds. The van der Waals surface area contributed by atoms with Gasteiger partial charge in [0.05, 0.1) is 5.69 Å². The molecule has 53 heavy (non-hydrogen) atoms. The van der Waals surface area contributed by atoms with Crippen molar-refractivity contribution in [3.63, 3.8) is 0 Å². The molecule has 3 heteroatoms. The fourth-order valence-electron chi connectivity index (χ4n) is 9.46. The van der Waals surface area contributed by atoms with Crippen LogP contribution in [0.2, 0.25) is 0 Å². The lowest BCUT2D eigenvalue weighted by molar-refractivity contribution is 0.507. The average Bonchev–Trinajstić information content (AvgIpc) is 3.89. The Balaban J connectivity index is 1.14. The van der Waals surface area contributed by atoms with E-state index < -0.39 is 0 Å². The van der Waals surface area contributed by atoms with Crippen molar-refractivity contribution in [2.75, 3.05) is 9.80 Å². The van der Waals surface area contributed by atoms with Gasteiger partial charge in [-0.15, -0.1) is 0 Å². The summed E-state index contributed by atoms with van der Waals surface area (Å²) in [5, 5.41) is 2.39. The third-order valence-electron chi connectivity index (χ3n) is 11.8. The lowest BCUT2D eigenvalue weighted by Crippen LogP contribution is -2.22. The number of nitrogens with zero attached hydrogens (tertiary/aromatic N) is 2. The van der Waals surface area contributed by atoms with Gasteiger partial charge in [0.15, 0.2) is 0 Å². The molecule has 258 valence electrons. The van der Waals surface area contributed by atoms with Crippen LogP contribution in [0.1, 0.15) is 60.4 Å². The van der Waals surface area contributed by atoms with Crippen LogP contribution in [-0.4, -0.2) is 0 Å². The molecule has 1 spiro atoms. The Morgan fingerprint density at radius 1 is 0.491 bits per heavy atom. The van der Waals surface area contributed by atoms with E-state index in [1.165, 1.54) is 67.0 Å². The van der Waals surface area contributed by atoms with Crippen molar-refractivity contribution in [2.45, 2.75) is 50.9 Å². The minimum atomic E-state index is -0.0241. The van der Waals surface area contributed by atoms with Crippen molar-refractivity contribution < 1.29 is 4.42 Å². The number of aryl methyl sites for hydroxylation is 2. The smallest absolute Gasteiger partial charge is 0.135 e. The standard InChI is InChI=1S/C50H42N2O/c1-34(2)48-45(26-27-47-49(48)42-20-12-13-21-46(42)53-47)52(39-18-10-5-11-19-39)41-25-23-36-29-31-50(44(36)33-41)30-28-35-22-24-40(32-43(35)50)51(37-14-6-3-7-15-37)38-16-8-4-9-17-38/h3-27,32-34H,28-31H2,1-2H3/t50-/m1/s1. The molecule has 3 nitrogen and oxygen atoms in total. The van der Waals surface area contributed by atoms with Crippen LogP contribution in [0.15, 0.2) is 168 Å². The summed E-state index contributed by atoms with van der Waals surface area (Å²) in [5.41, 5.74) is 16.2. The molecule has 0 saturated carbocycles. The summed E-state index contributed by atoms with van der Waals surface area (Å²) in [6, 6.07) is 59.9. The van der Waals surface area contributed by atoms with E-state index in [0.717, 1.165) is 42.5 Å². The zero-order valence-corrected chi connectivity index (χ0v) is 30.3. The van der Waals surface area contributed by atoms with Crippen molar-refractivity contribution in [3.8, 4) is 0 Å². The largest absolute Gasteiger partial charge is 0.456 e. The van der Waals surface area contributed by atoms with Crippen LogP contribution in [0.3, 0.4) is 0 Å². The highest BCUT2D eigenvalue weighted by molar-refractivity contribution is 6.09. The fraction of sp³-hybridized carbons (Fsp3) is 0.160. The Morgan fingerprint density at radius 2 is 1.00 bits per heavy atom. The third kappa shape index (κ3) is 5.10. The molecule has 0 unspecified atom stereocenters. The Labute approximate surface area is 311 Å². The molecule has 1 aromatic heterocycles. The number of hydrogen-bond donors (Lipinski definition) is 0. The van der Waals surface area contributed by atoms with Crippen LogP contribution < -0.4 is 9.80 Å². The van der Waals surface area contributed by atoms with Crippen molar-refractivity contribution >= 4 is 56.1 Å². The lowest BCUT2D eigenvalue weighted by Gasteiger charge is -2.32. The number of hydrogen-bond acceptors (Lipinski definition) is 3. The third-order valence-corrected chi connectivity index (χ3v) is 11.8. The second kappa shape index (κ2) is 12.6. The molecule has 0 bridgehead atoms. The zero-order chi connectivity index (χ0) is 35.5. The fourth-order valence-corrected chi connectivity index (χ4v) is 9.46. The minimum absolute atomic E-state index is 0.0241. The second-order valence-corrected chi connectivity index (χ2v) is 15.1. The van der Waals surface area contributed by atoms with E-state index in [-0.39, 0.29) is 11.3 Å². The summed E-state index contributed by atoms with van der Waals surface area (Å²) < 4.78 is 6.41. The maximum Gasteiger partial charge on any atom is 0.135 e. The summed E-state index contributed by atoms with van der Waals surface area (Å²) in [7, 11) is 0. The molecule has 0 aliphatic heterocycles. The molecule has 2 aliphatic carbocycles. The minimum Gasteiger partial charge on any atom is -0.456 e. The maximum atomic E-state index is 6.41. The van der Waals surface area contributed by atoms with Gasteiger partial charge >= 0.3 is 0 Å². The average molecular weight is 687 g/mol. The molecule has 0 N–H and O–H groups in total.